The Morgan fingerprint density at radius 2 is 2.00 bits per heavy atom. The second-order valence-corrected chi connectivity index (χ2v) is 1.78. The van der Waals surface area contributed by atoms with E-state index in [0.717, 1.165) is 0 Å². The molecule has 1 unspecified atom stereocenters. The minimum absolute atomic E-state index is 0.252. The fraction of sp³-hybridized carbons (Fsp3) is 0. The van der Waals surface area contributed by atoms with E-state index in [1.165, 1.54) is 6.07 Å². The molecule has 0 radical (unpaired) electrons. The molecule has 0 aliphatic rings. The lowest BCUT2D eigenvalue weighted by atomic mass is 10.3. The molecule has 0 amide bonds. The van der Waals surface area contributed by atoms with Crippen LogP contribution in [0.3, 0.4) is 0 Å². The summed E-state index contributed by atoms with van der Waals surface area (Å²) in [6.07, 6.45) is 0. The first-order valence-electron chi connectivity index (χ1n) is 2.46. The third kappa shape index (κ3) is 1.39. The monoisotopic (exact) mass is 144 g/mol. The van der Waals surface area contributed by atoms with Gasteiger partial charge in [-0.3, -0.25) is 0 Å². The van der Waals surface area contributed by atoms with Crippen LogP contribution in [0.1, 0.15) is 0 Å². The quantitative estimate of drug-likeness (QED) is 0.547. The lowest BCUT2D eigenvalue weighted by Gasteiger charge is -1.97. The summed E-state index contributed by atoms with van der Waals surface area (Å²) in [5.41, 5.74) is 0. The fourth-order valence-electron chi connectivity index (χ4n) is 0.540. The van der Waals surface area contributed by atoms with Crippen molar-refractivity contribution in [2.75, 3.05) is 0 Å². The first-order chi connectivity index (χ1) is 4.34. The van der Waals surface area contributed by atoms with Crippen LogP contribution in [-0.2, 0) is 0 Å². The molecule has 0 spiro atoms. The van der Waals surface area contributed by atoms with Gasteiger partial charge in [-0.1, -0.05) is 12.1 Å². The Morgan fingerprint density at radius 3 is 2.44 bits per heavy atom. The molecule has 0 saturated carbocycles. The smallest absolute Gasteiger partial charge is 0.165 e. The van der Waals surface area contributed by atoms with Crippen LogP contribution in [0.5, 0.6) is 5.75 Å². The molecular formula is C6H6FOP. The molecule has 0 saturated heterocycles. The summed E-state index contributed by atoms with van der Waals surface area (Å²) in [5, 5.41) is 0. The van der Waals surface area contributed by atoms with Crippen molar-refractivity contribution in [3.8, 4) is 5.75 Å². The van der Waals surface area contributed by atoms with Crippen LogP contribution in [0, 0.1) is 5.82 Å². The molecule has 1 nitrogen and oxygen atoms in total. The van der Waals surface area contributed by atoms with E-state index in [1.807, 2.05) is 9.47 Å². The average Bonchev–Trinajstić information content (AvgIpc) is 1.89. The third-order valence-corrected chi connectivity index (χ3v) is 1.22. The number of hydrogen-bond donors (Lipinski definition) is 0. The lowest BCUT2D eigenvalue weighted by molar-refractivity contribution is 0.541. The van der Waals surface area contributed by atoms with Crippen molar-refractivity contribution in [2.24, 2.45) is 0 Å². The minimum Gasteiger partial charge on any atom is -0.477 e. The Bertz CT molecular complexity index is 202. The van der Waals surface area contributed by atoms with Crippen molar-refractivity contribution in [3.05, 3.63) is 30.1 Å². The zero-order valence-electron chi connectivity index (χ0n) is 4.67. The highest BCUT2D eigenvalue weighted by atomic mass is 31.0. The van der Waals surface area contributed by atoms with Crippen LogP contribution in [-0.4, -0.2) is 0 Å². The van der Waals surface area contributed by atoms with Gasteiger partial charge in [0.1, 0.15) is 0 Å². The molecule has 1 atom stereocenters. The highest BCUT2D eigenvalue weighted by Crippen LogP contribution is 2.16. The molecule has 48 valence electrons. The molecule has 0 aliphatic heterocycles. The van der Waals surface area contributed by atoms with Gasteiger partial charge in [-0.05, 0) is 12.1 Å². The summed E-state index contributed by atoms with van der Waals surface area (Å²) in [7, 11) is 1.99. The molecule has 0 heterocycles. The Kier molecular flexibility index (Phi) is 2.01. The predicted molar refractivity (Wildman–Crippen MR) is 36.7 cm³/mol. The van der Waals surface area contributed by atoms with Gasteiger partial charge >= 0.3 is 0 Å². The maximum Gasteiger partial charge on any atom is 0.165 e. The van der Waals surface area contributed by atoms with Crippen LogP contribution < -0.4 is 4.52 Å². The van der Waals surface area contributed by atoms with Crippen molar-refractivity contribution in [3.63, 3.8) is 0 Å². The molecule has 0 aliphatic carbocycles. The maximum atomic E-state index is 12.5. The Hall–Kier alpha value is -0.620. The van der Waals surface area contributed by atoms with E-state index in [2.05, 4.69) is 4.52 Å². The van der Waals surface area contributed by atoms with Crippen molar-refractivity contribution >= 4 is 9.47 Å². The molecule has 0 aromatic heterocycles. The number of rotatable bonds is 1. The lowest BCUT2D eigenvalue weighted by Crippen LogP contribution is -1.78. The normalized spacial score (nSPS) is 9.11. The summed E-state index contributed by atoms with van der Waals surface area (Å²) in [5.74, 6) is -0.0880. The van der Waals surface area contributed by atoms with Crippen LogP contribution in [0.15, 0.2) is 24.3 Å². The summed E-state index contributed by atoms with van der Waals surface area (Å²) in [6.45, 7) is 0. The van der Waals surface area contributed by atoms with Gasteiger partial charge in [-0.15, -0.1) is 0 Å². The van der Waals surface area contributed by atoms with E-state index < -0.39 is 0 Å². The largest absolute Gasteiger partial charge is 0.477 e. The highest BCUT2D eigenvalue weighted by Gasteiger charge is 1.95. The highest BCUT2D eigenvalue weighted by molar-refractivity contribution is 7.10. The Labute approximate surface area is 55.1 Å². The van der Waals surface area contributed by atoms with Crippen LogP contribution in [0.2, 0.25) is 0 Å². The molecule has 1 aromatic carbocycles. The molecule has 0 fully saturated rings. The fourth-order valence-corrected chi connectivity index (χ4v) is 0.731. The first kappa shape index (κ1) is 6.50. The van der Waals surface area contributed by atoms with Gasteiger partial charge in [0.05, 0.1) is 9.47 Å². The Balaban J connectivity index is 3.01. The topological polar surface area (TPSA) is 9.23 Å². The van der Waals surface area contributed by atoms with Crippen LogP contribution in [0.25, 0.3) is 0 Å². The van der Waals surface area contributed by atoms with E-state index in [1.54, 1.807) is 18.2 Å². The summed E-state index contributed by atoms with van der Waals surface area (Å²) in [4.78, 5) is 0. The Morgan fingerprint density at radius 1 is 1.33 bits per heavy atom. The molecule has 9 heavy (non-hydrogen) atoms. The SMILES string of the molecule is Fc1ccccc1OP. The molecular weight excluding hydrogens is 138 g/mol. The van der Waals surface area contributed by atoms with Crippen LogP contribution in [0.4, 0.5) is 4.39 Å². The van der Waals surface area contributed by atoms with Crippen LogP contribution >= 0.6 is 9.47 Å². The molecule has 0 N–H and O–H groups in total. The summed E-state index contributed by atoms with van der Waals surface area (Å²) >= 11 is 0. The second kappa shape index (κ2) is 2.79. The van der Waals surface area contributed by atoms with E-state index in [9.17, 15) is 4.39 Å². The molecule has 1 aromatic rings. The van der Waals surface area contributed by atoms with Crippen molar-refractivity contribution in [2.45, 2.75) is 0 Å². The van der Waals surface area contributed by atoms with E-state index in [4.69, 9.17) is 0 Å². The number of benzene rings is 1. The number of halogens is 1. The maximum absolute atomic E-state index is 12.5. The average molecular weight is 144 g/mol. The van der Waals surface area contributed by atoms with Gasteiger partial charge < -0.3 is 4.52 Å². The standard InChI is InChI=1S/C6H6FOP/c7-5-3-1-2-4-6(5)8-9/h1-4H,9H2. The number of hydrogen-bond acceptors (Lipinski definition) is 1. The van der Waals surface area contributed by atoms with E-state index in [0.29, 0.717) is 0 Å². The number of para-hydroxylation sites is 1. The third-order valence-electron chi connectivity index (χ3n) is 0.964. The molecule has 0 bridgehead atoms. The minimum atomic E-state index is -0.340. The van der Waals surface area contributed by atoms with Gasteiger partial charge in [0, 0.05) is 0 Å². The first-order valence-corrected chi connectivity index (χ1v) is 2.93. The van der Waals surface area contributed by atoms with E-state index >= 15 is 0 Å². The predicted octanol–water partition coefficient (Wildman–Crippen LogP) is 1.99. The van der Waals surface area contributed by atoms with Gasteiger partial charge in [0.15, 0.2) is 11.6 Å². The van der Waals surface area contributed by atoms with Gasteiger partial charge in [0.25, 0.3) is 0 Å². The molecule has 3 heteroatoms. The van der Waals surface area contributed by atoms with E-state index in [-0.39, 0.29) is 11.6 Å². The molecule has 1 rings (SSSR count). The van der Waals surface area contributed by atoms with Gasteiger partial charge in [-0.25, -0.2) is 4.39 Å². The zero-order chi connectivity index (χ0) is 6.69. The van der Waals surface area contributed by atoms with Gasteiger partial charge in [0.2, 0.25) is 0 Å². The van der Waals surface area contributed by atoms with Crippen molar-refractivity contribution in [1.29, 1.82) is 0 Å². The van der Waals surface area contributed by atoms with Crippen molar-refractivity contribution < 1.29 is 8.91 Å². The van der Waals surface area contributed by atoms with Gasteiger partial charge in [-0.2, -0.15) is 0 Å². The summed E-state index contributed by atoms with van der Waals surface area (Å²) < 4.78 is 17.0. The summed E-state index contributed by atoms with van der Waals surface area (Å²) in [6, 6.07) is 6.23. The van der Waals surface area contributed by atoms with Crippen molar-refractivity contribution in [1.82, 2.24) is 0 Å². The second-order valence-electron chi connectivity index (χ2n) is 1.55. The zero-order valence-corrected chi connectivity index (χ0v) is 5.83.